The van der Waals surface area contributed by atoms with Crippen LogP contribution in [0.3, 0.4) is 0 Å². The Morgan fingerprint density at radius 3 is 3.27 bits per heavy atom. The quantitative estimate of drug-likeness (QED) is 0.754. The van der Waals surface area contributed by atoms with Gasteiger partial charge in [-0.05, 0) is 6.42 Å². The van der Waals surface area contributed by atoms with Gasteiger partial charge in [0.1, 0.15) is 6.33 Å². The number of hydrogen-bond donors (Lipinski definition) is 2. The molecule has 6 heteroatoms. The molecule has 0 radical (unpaired) electrons. The standard InChI is InChI=1S/C9H13N5O/c1-2-7(15)5-11-8-9-13-12-6-14(9)4-3-10-8/h3-4,6-7,15H,2,5H2,1H3,(H,10,11). The highest BCUT2D eigenvalue weighted by molar-refractivity contribution is 5.61. The Bertz CT molecular complexity index is 441. The van der Waals surface area contributed by atoms with Crippen molar-refractivity contribution >= 4 is 11.5 Å². The molecule has 1 atom stereocenters. The molecule has 1 unspecified atom stereocenters. The van der Waals surface area contributed by atoms with Crippen LogP contribution in [-0.4, -0.2) is 37.3 Å². The van der Waals surface area contributed by atoms with Gasteiger partial charge in [0.05, 0.1) is 6.10 Å². The van der Waals surface area contributed by atoms with Gasteiger partial charge in [0.25, 0.3) is 0 Å². The van der Waals surface area contributed by atoms with Crippen LogP contribution in [0.25, 0.3) is 5.65 Å². The predicted octanol–water partition coefficient (Wildman–Crippen LogP) is 0.307. The van der Waals surface area contributed by atoms with Gasteiger partial charge in [0.2, 0.25) is 5.65 Å². The second-order valence-electron chi connectivity index (χ2n) is 3.28. The SMILES string of the molecule is CCC(O)CNc1nccn2cnnc12. The second-order valence-corrected chi connectivity index (χ2v) is 3.28. The summed E-state index contributed by atoms with van der Waals surface area (Å²) in [6.07, 6.45) is 5.39. The first kappa shape index (κ1) is 9.85. The lowest BCUT2D eigenvalue weighted by Gasteiger charge is -2.09. The summed E-state index contributed by atoms with van der Waals surface area (Å²) in [5, 5.41) is 20.2. The molecule has 15 heavy (non-hydrogen) atoms. The van der Waals surface area contributed by atoms with Gasteiger partial charge in [-0.25, -0.2) is 4.98 Å². The molecular formula is C9H13N5O. The van der Waals surface area contributed by atoms with Gasteiger partial charge in [-0.2, -0.15) is 0 Å². The van der Waals surface area contributed by atoms with Crippen LogP contribution in [-0.2, 0) is 0 Å². The Balaban J connectivity index is 2.17. The first-order valence-corrected chi connectivity index (χ1v) is 4.87. The number of nitrogens with zero attached hydrogens (tertiary/aromatic N) is 4. The summed E-state index contributed by atoms with van der Waals surface area (Å²) < 4.78 is 1.77. The Morgan fingerprint density at radius 2 is 2.47 bits per heavy atom. The normalized spacial score (nSPS) is 12.9. The minimum Gasteiger partial charge on any atom is -0.391 e. The molecule has 0 saturated carbocycles. The molecule has 0 aromatic carbocycles. The Labute approximate surface area is 87.0 Å². The third kappa shape index (κ3) is 2.04. The van der Waals surface area contributed by atoms with E-state index in [0.29, 0.717) is 24.4 Å². The van der Waals surface area contributed by atoms with Gasteiger partial charge in [-0.3, -0.25) is 4.40 Å². The third-order valence-electron chi connectivity index (χ3n) is 2.19. The minimum atomic E-state index is -0.366. The number of nitrogens with one attached hydrogen (secondary N) is 1. The number of fused-ring (bicyclic) bond motifs is 1. The average molecular weight is 207 g/mol. The molecule has 80 valence electrons. The van der Waals surface area contributed by atoms with E-state index in [4.69, 9.17) is 0 Å². The van der Waals surface area contributed by atoms with Gasteiger partial charge >= 0.3 is 0 Å². The Kier molecular flexibility index (Phi) is 2.77. The lowest BCUT2D eigenvalue weighted by molar-refractivity contribution is 0.183. The van der Waals surface area contributed by atoms with Crippen molar-refractivity contribution < 1.29 is 5.11 Å². The van der Waals surface area contributed by atoms with E-state index in [-0.39, 0.29) is 6.10 Å². The van der Waals surface area contributed by atoms with Crippen LogP contribution in [0.1, 0.15) is 13.3 Å². The summed E-state index contributed by atoms with van der Waals surface area (Å²) in [5.74, 6) is 0.641. The molecule has 2 aromatic rings. The molecule has 0 saturated heterocycles. The van der Waals surface area contributed by atoms with E-state index < -0.39 is 0 Å². The van der Waals surface area contributed by atoms with Crippen LogP contribution >= 0.6 is 0 Å². The van der Waals surface area contributed by atoms with Crippen molar-refractivity contribution in [1.82, 2.24) is 19.6 Å². The highest BCUT2D eigenvalue weighted by Gasteiger charge is 2.06. The number of anilines is 1. The maximum Gasteiger partial charge on any atom is 0.203 e. The maximum atomic E-state index is 9.41. The molecule has 2 aromatic heterocycles. The summed E-state index contributed by atoms with van der Waals surface area (Å²) in [5.41, 5.74) is 0.667. The van der Waals surface area contributed by atoms with Crippen LogP contribution in [0.2, 0.25) is 0 Å². The fraction of sp³-hybridized carbons (Fsp3) is 0.444. The van der Waals surface area contributed by atoms with E-state index in [9.17, 15) is 5.11 Å². The van der Waals surface area contributed by atoms with E-state index in [1.807, 2.05) is 6.92 Å². The fourth-order valence-corrected chi connectivity index (χ4v) is 1.24. The number of aliphatic hydroxyl groups excluding tert-OH is 1. The molecule has 0 fully saturated rings. The van der Waals surface area contributed by atoms with Crippen molar-refractivity contribution in [1.29, 1.82) is 0 Å². The molecule has 0 amide bonds. The minimum absolute atomic E-state index is 0.366. The van der Waals surface area contributed by atoms with Crippen molar-refractivity contribution in [3.8, 4) is 0 Å². The average Bonchev–Trinajstić information content (AvgIpc) is 2.74. The molecule has 2 N–H and O–H groups in total. The van der Waals surface area contributed by atoms with Crippen LogP contribution < -0.4 is 5.32 Å². The van der Waals surface area contributed by atoms with Crippen molar-refractivity contribution in [2.45, 2.75) is 19.4 Å². The number of rotatable bonds is 4. The van der Waals surface area contributed by atoms with Gasteiger partial charge in [0.15, 0.2) is 5.82 Å². The third-order valence-corrected chi connectivity index (χ3v) is 2.19. The number of aromatic nitrogens is 4. The Hall–Kier alpha value is -1.69. The summed E-state index contributed by atoms with van der Waals surface area (Å²) >= 11 is 0. The summed E-state index contributed by atoms with van der Waals surface area (Å²) in [6.45, 7) is 2.40. The number of hydrogen-bond acceptors (Lipinski definition) is 5. The zero-order chi connectivity index (χ0) is 10.7. The first-order valence-electron chi connectivity index (χ1n) is 4.87. The largest absolute Gasteiger partial charge is 0.391 e. The van der Waals surface area contributed by atoms with E-state index in [1.165, 1.54) is 0 Å². The van der Waals surface area contributed by atoms with Crippen molar-refractivity contribution in [3.63, 3.8) is 0 Å². The van der Waals surface area contributed by atoms with E-state index >= 15 is 0 Å². The monoisotopic (exact) mass is 207 g/mol. The molecule has 0 aliphatic carbocycles. The smallest absolute Gasteiger partial charge is 0.203 e. The molecule has 0 aliphatic rings. The van der Waals surface area contributed by atoms with Gasteiger partial charge < -0.3 is 10.4 Å². The molecule has 0 aliphatic heterocycles. The lowest BCUT2D eigenvalue weighted by Crippen LogP contribution is -2.19. The second kappa shape index (κ2) is 4.22. The predicted molar refractivity (Wildman–Crippen MR) is 55.6 cm³/mol. The number of aliphatic hydroxyl groups is 1. The van der Waals surface area contributed by atoms with E-state index in [0.717, 1.165) is 0 Å². The van der Waals surface area contributed by atoms with Gasteiger partial charge in [-0.15, -0.1) is 10.2 Å². The Morgan fingerprint density at radius 1 is 1.60 bits per heavy atom. The highest BCUT2D eigenvalue weighted by atomic mass is 16.3. The zero-order valence-electron chi connectivity index (χ0n) is 8.46. The molecule has 2 rings (SSSR count). The maximum absolute atomic E-state index is 9.41. The summed E-state index contributed by atoms with van der Waals surface area (Å²) in [4.78, 5) is 4.14. The fourth-order valence-electron chi connectivity index (χ4n) is 1.24. The van der Waals surface area contributed by atoms with E-state index in [2.05, 4.69) is 20.5 Å². The summed E-state index contributed by atoms with van der Waals surface area (Å²) in [6, 6.07) is 0. The molecule has 0 spiro atoms. The molecular weight excluding hydrogens is 194 g/mol. The molecule has 2 heterocycles. The van der Waals surface area contributed by atoms with E-state index in [1.54, 1.807) is 23.1 Å². The van der Waals surface area contributed by atoms with Crippen molar-refractivity contribution in [3.05, 3.63) is 18.7 Å². The first-order chi connectivity index (χ1) is 7.31. The molecule has 0 bridgehead atoms. The van der Waals surface area contributed by atoms with Crippen LogP contribution in [0, 0.1) is 0 Å². The topological polar surface area (TPSA) is 75.3 Å². The summed E-state index contributed by atoms with van der Waals surface area (Å²) in [7, 11) is 0. The lowest BCUT2D eigenvalue weighted by atomic mass is 10.3. The van der Waals surface area contributed by atoms with Crippen LogP contribution in [0.4, 0.5) is 5.82 Å². The van der Waals surface area contributed by atoms with Gasteiger partial charge in [0, 0.05) is 18.9 Å². The van der Waals surface area contributed by atoms with Gasteiger partial charge in [-0.1, -0.05) is 6.92 Å². The van der Waals surface area contributed by atoms with Crippen molar-refractivity contribution in [2.24, 2.45) is 0 Å². The van der Waals surface area contributed by atoms with Crippen LogP contribution in [0.15, 0.2) is 18.7 Å². The zero-order valence-corrected chi connectivity index (χ0v) is 8.46. The van der Waals surface area contributed by atoms with Crippen molar-refractivity contribution in [2.75, 3.05) is 11.9 Å². The van der Waals surface area contributed by atoms with Crippen LogP contribution in [0.5, 0.6) is 0 Å². The molecule has 6 nitrogen and oxygen atoms in total. The highest BCUT2D eigenvalue weighted by Crippen LogP contribution is 2.09.